The molecule has 1 aromatic rings. The normalized spacial score (nSPS) is 22.2. The highest BCUT2D eigenvalue weighted by molar-refractivity contribution is 6.38. The number of amides is 2. The molecule has 6 atom stereocenters. The van der Waals surface area contributed by atoms with Crippen LogP contribution in [0.25, 0.3) is 0 Å². The number of fused-ring (bicyclic) bond motifs is 1. The number of hydrogen-bond acceptors (Lipinski definition) is 7. The summed E-state index contributed by atoms with van der Waals surface area (Å²) in [4.78, 5) is 79.7. The van der Waals surface area contributed by atoms with Crippen LogP contribution in [-0.4, -0.2) is 76.0 Å². The molecule has 2 aliphatic rings. The average molecular weight is 649 g/mol. The number of Topliss-reactive ketones (excluding diaryl/α,β-unsaturated/α-hetero) is 3. The van der Waals surface area contributed by atoms with Crippen LogP contribution in [0.5, 0.6) is 0 Å². The fourth-order valence-electron chi connectivity index (χ4n) is 6.70. The third-order valence-corrected chi connectivity index (χ3v) is 9.00. The summed E-state index contributed by atoms with van der Waals surface area (Å²) in [6, 6.07) is 6.28. The Labute approximate surface area is 268 Å². The minimum absolute atomic E-state index is 0.00187. The van der Waals surface area contributed by atoms with Gasteiger partial charge in [0.1, 0.15) is 6.04 Å². The van der Waals surface area contributed by atoms with Gasteiger partial charge in [-0.25, -0.2) is 13.6 Å². The first-order valence-corrected chi connectivity index (χ1v) is 16.1. The fraction of sp³-hybridized carbons (Fsp3) is 0.647. The van der Waals surface area contributed by atoms with Crippen LogP contribution in [0, 0.1) is 29.6 Å². The molecule has 2 N–H and O–H groups in total. The van der Waals surface area contributed by atoms with Crippen LogP contribution in [-0.2, 0) is 35.1 Å². The second-order valence-electron chi connectivity index (χ2n) is 13.2. The lowest BCUT2D eigenvalue weighted by Gasteiger charge is -2.32. The van der Waals surface area contributed by atoms with E-state index in [9.17, 15) is 42.7 Å². The molecule has 0 radical (unpaired) electrons. The Bertz CT molecular complexity index is 1280. The molecule has 0 bridgehead atoms. The minimum atomic E-state index is -3.10. The first-order valence-electron chi connectivity index (χ1n) is 16.1. The van der Waals surface area contributed by atoms with Gasteiger partial charge in [0.15, 0.2) is 11.6 Å². The lowest BCUT2D eigenvalue weighted by Crippen LogP contribution is -2.55. The van der Waals surface area contributed by atoms with Crippen LogP contribution < -0.4 is 5.32 Å². The van der Waals surface area contributed by atoms with Gasteiger partial charge < -0.3 is 20.1 Å². The zero-order valence-electron chi connectivity index (χ0n) is 27.2. The molecular weight excluding hydrogens is 602 g/mol. The molecule has 0 aromatic heterocycles. The summed E-state index contributed by atoms with van der Waals surface area (Å²) in [6.07, 6.45) is -2.14. The van der Waals surface area contributed by atoms with Crippen molar-refractivity contribution in [2.24, 2.45) is 29.6 Å². The summed E-state index contributed by atoms with van der Waals surface area (Å²) >= 11 is 0. The molecule has 0 spiro atoms. The lowest BCUT2D eigenvalue weighted by molar-refractivity contribution is -0.146. The highest BCUT2D eigenvalue weighted by atomic mass is 19.3. The van der Waals surface area contributed by atoms with Crippen LogP contribution in [0.3, 0.4) is 0 Å². The number of carboxylic acids is 1. The van der Waals surface area contributed by atoms with Crippen molar-refractivity contribution in [1.29, 1.82) is 0 Å². The number of nitrogens with one attached hydrogen (secondary N) is 1. The molecule has 2 fully saturated rings. The molecule has 1 heterocycles. The quantitative estimate of drug-likeness (QED) is 0.242. The van der Waals surface area contributed by atoms with Crippen LogP contribution in [0.2, 0.25) is 0 Å². The van der Waals surface area contributed by atoms with E-state index in [1.165, 1.54) is 0 Å². The molecule has 46 heavy (non-hydrogen) atoms. The minimum Gasteiger partial charge on any atom is -0.481 e. The Balaban J connectivity index is 1.83. The summed E-state index contributed by atoms with van der Waals surface area (Å²) < 4.78 is 35.0. The molecule has 2 unspecified atom stereocenters. The van der Waals surface area contributed by atoms with E-state index in [2.05, 4.69) is 5.32 Å². The number of rotatable bonds is 16. The van der Waals surface area contributed by atoms with Gasteiger partial charge in [-0.15, -0.1) is 0 Å². The third-order valence-electron chi connectivity index (χ3n) is 9.00. The highest BCUT2D eigenvalue weighted by Crippen LogP contribution is 2.51. The predicted molar refractivity (Wildman–Crippen MR) is 164 cm³/mol. The van der Waals surface area contributed by atoms with Crippen molar-refractivity contribution in [2.75, 3.05) is 6.54 Å². The zero-order chi connectivity index (χ0) is 34.3. The molecular formula is C34H46F2N2O8. The molecule has 1 saturated heterocycles. The van der Waals surface area contributed by atoms with Gasteiger partial charge in [-0.05, 0) is 50.5 Å². The number of nitrogens with zero attached hydrogens (tertiary/aromatic N) is 1. The lowest BCUT2D eigenvalue weighted by atomic mass is 9.82. The van der Waals surface area contributed by atoms with Crippen molar-refractivity contribution < 1.29 is 47.4 Å². The Morgan fingerprint density at radius 1 is 1.02 bits per heavy atom. The van der Waals surface area contributed by atoms with E-state index >= 15 is 0 Å². The summed E-state index contributed by atoms with van der Waals surface area (Å²) in [5.74, 6) is -12.2. The molecule has 12 heteroatoms. The second kappa shape index (κ2) is 15.7. The largest absolute Gasteiger partial charge is 0.481 e. The molecule has 1 saturated carbocycles. The van der Waals surface area contributed by atoms with Crippen molar-refractivity contribution >= 4 is 35.3 Å². The van der Waals surface area contributed by atoms with E-state index in [-0.39, 0.29) is 25.8 Å². The van der Waals surface area contributed by atoms with Crippen molar-refractivity contribution in [3.8, 4) is 0 Å². The van der Waals surface area contributed by atoms with E-state index in [0.717, 1.165) is 4.90 Å². The summed E-state index contributed by atoms with van der Waals surface area (Å²) in [6.45, 7) is 7.98. The number of likely N-dealkylation sites (tertiary alicyclic amines) is 1. The van der Waals surface area contributed by atoms with Gasteiger partial charge in [0.05, 0.1) is 18.1 Å². The van der Waals surface area contributed by atoms with E-state index in [1.54, 1.807) is 65.0 Å². The average Bonchev–Trinajstić information content (AvgIpc) is 3.51. The summed E-state index contributed by atoms with van der Waals surface area (Å²) in [5, 5.41) is 12.2. The second-order valence-corrected chi connectivity index (χ2v) is 13.2. The number of ether oxygens (including phenoxy) is 1. The monoisotopic (exact) mass is 648 g/mol. The van der Waals surface area contributed by atoms with Gasteiger partial charge in [-0.3, -0.25) is 24.0 Å². The van der Waals surface area contributed by atoms with Gasteiger partial charge in [0.2, 0.25) is 11.7 Å². The number of carboxylic acid groups (broad SMARTS) is 1. The Morgan fingerprint density at radius 2 is 1.67 bits per heavy atom. The Morgan fingerprint density at radius 3 is 2.24 bits per heavy atom. The number of hydrogen-bond donors (Lipinski definition) is 2. The first kappa shape index (κ1) is 36.8. The first-order chi connectivity index (χ1) is 21.6. The van der Waals surface area contributed by atoms with E-state index in [1.807, 2.05) is 0 Å². The van der Waals surface area contributed by atoms with Gasteiger partial charge in [-0.1, -0.05) is 57.5 Å². The number of alkyl carbamates (subject to hydrolysis) is 1. The number of alkyl halides is 2. The molecule has 2 amide bonds. The summed E-state index contributed by atoms with van der Waals surface area (Å²) in [5.41, 5.74) is 0.691. The van der Waals surface area contributed by atoms with E-state index in [4.69, 9.17) is 4.74 Å². The van der Waals surface area contributed by atoms with E-state index < -0.39 is 108 Å². The topological polar surface area (TPSA) is 147 Å². The van der Waals surface area contributed by atoms with E-state index in [0.29, 0.717) is 12.0 Å². The fourth-order valence-corrected chi connectivity index (χ4v) is 6.70. The standard InChI is InChI=1S/C34H46F2N2O8/c1-6-10-22(30(41)27(40)17-23(32(43)44)15-21-11-8-7-9-12-21)16-26(39)29-24-13-14-34(35,36)25(24)18-38(29)31(42)28(19(2)3)37-33(45)46-20(4)5/h7-9,11-12,19-20,22-25,28-29H,6,10,13-18H2,1-5H3,(H,37,45)(H,43,44)/t22?,23-,24-,25-,28-,29?/m0/s1. The number of benzene rings is 1. The van der Waals surface area contributed by atoms with Gasteiger partial charge in [-0.2, -0.15) is 0 Å². The zero-order valence-corrected chi connectivity index (χ0v) is 27.2. The molecule has 3 rings (SSSR count). The van der Waals surface area contributed by atoms with Crippen LogP contribution in [0.15, 0.2) is 30.3 Å². The maximum Gasteiger partial charge on any atom is 0.408 e. The van der Waals surface area contributed by atoms with Crippen LogP contribution >= 0.6 is 0 Å². The molecule has 1 aliphatic carbocycles. The molecule has 1 aromatic carbocycles. The highest BCUT2D eigenvalue weighted by Gasteiger charge is 2.61. The Kier molecular flexibility index (Phi) is 12.6. The maximum atomic E-state index is 15.0. The van der Waals surface area contributed by atoms with Crippen molar-refractivity contribution in [3.05, 3.63) is 35.9 Å². The molecule has 10 nitrogen and oxygen atoms in total. The summed E-state index contributed by atoms with van der Waals surface area (Å²) in [7, 11) is 0. The van der Waals surface area contributed by atoms with Crippen molar-refractivity contribution in [1.82, 2.24) is 10.2 Å². The van der Waals surface area contributed by atoms with Crippen molar-refractivity contribution in [2.45, 2.75) is 104 Å². The number of carbonyl (C=O) groups is 6. The van der Waals surface area contributed by atoms with Gasteiger partial charge in [0, 0.05) is 37.6 Å². The Hall–Kier alpha value is -3.70. The SMILES string of the molecule is CCCC(CC(=O)C1[C@H]2CCC(F)(F)[C@H]2CN1C(=O)[C@@H](NC(=O)OC(C)C)C(C)C)C(=O)C(=O)C[C@H](Cc1ccccc1)C(=O)O. The number of ketones is 3. The smallest absolute Gasteiger partial charge is 0.408 e. The maximum absolute atomic E-state index is 15.0. The number of aliphatic carboxylic acids is 1. The molecule has 1 aliphatic heterocycles. The predicted octanol–water partition coefficient (Wildman–Crippen LogP) is 4.87. The third kappa shape index (κ3) is 8.97. The number of halogens is 2. The van der Waals surface area contributed by atoms with Crippen LogP contribution in [0.4, 0.5) is 13.6 Å². The van der Waals surface area contributed by atoms with Crippen molar-refractivity contribution in [3.63, 3.8) is 0 Å². The number of carbonyl (C=O) groups excluding carboxylic acids is 5. The van der Waals surface area contributed by atoms with Gasteiger partial charge >= 0.3 is 12.1 Å². The van der Waals surface area contributed by atoms with Crippen LogP contribution in [0.1, 0.15) is 78.7 Å². The van der Waals surface area contributed by atoms with Gasteiger partial charge in [0.25, 0.3) is 5.92 Å². The molecule has 254 valence electrons.